The first-order chi connectivity index (χ1) is 7.08. The Bertz CT molecular complexity index is 285. The Morgan fingerprint density at radius 1 is 1.13 bits per heavy atom. The van der Waals surface area contributed by atoms with Gasteiger partial charge in [0.15, 0.2) is 5.79 Å². The molecule has 3 nitrogen and oxygen atoms in total. The van der Waals surface area contributed by atoms with Crippen molar-refractivity contribution in [1.29, 1.82) is 0 Å². The first-order valence-corrected chi connectivity index (χ1v) is 6.28. The molecule has 1 unspecified atom stereocenters. The van der Waals surface area contributed by atoms with Crippen LogP contribution in [-0.4, -0.2) is 39.5 Å². The molecule has 1 saturated carbocycles. The molecule has 2 saturated heterocycles. The maximum absolute atomic E-state index is 10.4. The van der Waals surface area contributed by atoms with Crippen LogP contribution >= 0.6 is 0 Å². The third-order valence-corrected chi connectivity index (χ3v) is 5.25. The van der Waals surface area contributed by atoms with Gasteiger partial charge < -0.3 is 10.2 Å². The Morgan fingerprint density at radius 3 is 2.47 bits per heavy atom. The largest absolute Gasteiger partial charge is 0.364 e. The van der Waals surface area contributed by atoms with E-state index in [4.69, 9.17) is 0 Å². The quantitative estimate of drug-likeness (QED) is 0.672. The Morgan fingerprint density at radius 2 is 1.87 bits per heavy atom. The minimum atomic E-state index is -1.48. The average molecular weight is 211 g/mol. The average Bonchev–Trinajstić information content (AvgIpc) is 2.75. The van der Waals surface area contributed by atoms with Crippen LogP contribution in [0.3, 0.4) is 0 Å². The normalized spacial score (nSPS) is 38.6. The van der Waals surface area contributed by atoms with Crippen molar-refractivity contribution in [3.63, 3.8) is 0 Å². The maximum atomic E-state index is 10.4. The van der Waals surface area contributed by atoms with Crippen LogP contribution in [0.4, 0.5) is 0 Å². The maximum Gasteiger partial charge on any atom is 0.181 e. The van der Waals surface area contributed by atoms with Crippen LogP contribution in [-0.2, 0) is 0 Å². The van der Waals surface area contributed by atoms with E-state index in [1.165, 1.54) is 19.3 Å². The number of hydrogen-bond donors (Lipinski definition) is 2. The topological polar surface area (TPSA) is 43.7 Å². The van der Waals surface area contributed by atoms with Crippen molar-refractivity contribution in [3.8, 4) is 0 Å². The summed E-state index contributed by atoms with van der Waals surface area (Å²) in [6, 6.07) is 0. The van der Waals surface area contributed by atoms with Gasteiger partial charge in [-0.15, -0.1) is 0 Å². The second-order valence-corrected chi connectivity index (χ2v) is 5.65. The highest BCUT2D eigenvalue weighted by atomic mass is 16.5. The lowest BCUT2D eigenvalue weighted by Crippen LogP contribution is -2.62. The van der Waals surface area contributed by atoms with Crippen molar-refractivity contribution in [2.75, 3.05) is 13.1 Å². The van der Waals surface area contributed by atoms with Crippen molar-refractivity contribution in [1.82, 2.24) is 4.90 Å². The molecule has 2 aliphatic heterocycles. The van der Waals surface area contributed by atoms with Gasteiger partial charge in [0.05, 0.1) is 5.54 Å². The van der Waals surface area contributed by atoms with Crippen LogP contribution in [0.15, 0.2) is 0 Å². The molecular weight excluding hydrogens is 190 g/mol. The van der Waals surface area contributed by atoms with Gasteiger partial charge in [0.1, 0.15) is 0 Å². The zero-order chi connectivity index (χ0) is 10.7. The highest BCUT2D eigenvalue weighted by Crippen LogP contribution is 2.68. The lowest BCUT2D eigenvalue weighted by molar-refractivity contribution is -0.251. The van der Waals surface area contributed by atoms with Gasteiger partial charge >= 0.3 is 0 Å². The molecule has 3 aliphatic rings. The van der Waals surface area contributed by atoms with Crippen molar-refractivity contribution >= 4 is 0 Å². The smallest absolute Gasteiger partial charge is 0.181 e. The van der Waals surface area contributed by atoms with Gasteiger partial charge in [-0.2, -0.15) is 0 Å². The monoisotopic (exact) mass is 211 g/mol. The molecule has 1 aliphatic carbocycles. The van der Waals surface area contributed by atoms with Gasteiger partial charge in [-0.05, 0) is 50.6 Å². The van der Waals surface area contributed by atoms with E-state index in [1.807, 2.05) is 6.92 Å². The number of fused-ring (bicyclic) bond motifs is 2. The van der Waals surface area contributed by atoms with Gasteiger partial charge in [0.25, 0.3) is 0 Å². The van der Waals surface area contributed by atoms with Gasteiger partial charge in [-0.25, -0.2) is 0 Å². The number of aliphatic hydroxyl groups is 2. The zero-order valence-electron chi connectivity index (χ0n) is 9.50. The van der Waals surface area contributed by atoms with Crippen molar-refractivity contribution in [2.24, 2.45) is 5.41 Å². The Hall–Kier alpha value is -0.120. The van der Waals surface area contributed by atoms with E-state index in [0.29, 0.717) is 6.42 Å². The minimum Gasteiger partial charge on any atom is -0.364 e. The van der Waals surface area contributed by atoms with Crippen LogP contribution in [0.2, 0.25) is 0 Å². The predicted molar refractivity (Wildman–Crippen MR) is 57.3 cm³/mol. The first-order valence-electron chi connectivity index (χ1n) is 6.28. The number of rotatable bonds is 2. The van der Waals surface area contributed by atoms with Crippen LogP contribution in [0, 0.1) is 5.41 Å². The molecule has 3 heteroatoms. The molecule has 3 rings (SSSR count). The Kier molecular flexibility index (Phi) is 1.85. The fraction of sp³-hybridized carbons (Fsp3) is 1.00. The molecule has 0 radical (unpaired) electrons. The fourth-order valence-corrected chi connectivity index (χ4v) is 4.32. The third-order valence-electron chi connectivity index (χ3n) is 5.25. The molecule has 0 amide bonds. The molecule has 15 heavy (non-hydrogen) atoms. The van der Waals surface area contributed by atoms with E-state index >= 15 is 0 Å². The van der Waals surface area contributed by atoms with Gasteiger partial charge in [-0.1, -0.05) is 6.92 Å². The second-order valence-electron chi connectivity index (χ2n) is 5.65. The zero-order valence-corrected chi connectivity index (χ0v) is 9.50. The van der Waals surface area contributed by atoms with Crippen molar-refractivity contribution in [2.45, 2.75) is 56.8 Å². The fourth-order valence-electron chi connectivity index (χ4n) is 4.32. The summed E-state index contributed by atoms with van der Waals surface area (Å²) in [6.07, 6.45) is 6.14. The summed E-state index contributed by atoms with van der Waals surface area (Å²) in [5, 5.41) is 20.7. The van der Waals surface area contributed by atoms with Crippen LogP contribution < -0.4 is 0 Å². The van der Waals surface area contributed by atoms with E-state index in [2.05, 4.69) is 4.90 Å². The molecular formula is C12H21NO2. The first kappa shape index (κ1) is 10.1. The summed E-state index contributed by atoms with van der Waals surface area (Å²) in [5.41, 5.74) is -0.0439. The molecule has 2 N–H and O–H groups in total. The highest BCUT2D eigenvalue weighted by Gasteiger charge is 2.73. The molecule has 0 aromatic heterocycles. The van der Waals surface area contributed by atoms with Crippen molar-refractivity contribution < 1.29 is 10.2 Å². The second kappa shape index (κ2) is 2.76. The van der Waals surface area contributed by atoms with E-state index in [1.54, 1.807) is 0 Å². The van der Waals surface area contributed by atoms with Gasteiger partial charge in [0.2, 0.25) is 0 Å². The van der Waals surface area contributed by atoms with Crippen LogP contribution in [0.1, 0.15) is 45.4 Å². The molecule has 0 bridgehead atoms. The molecule has 1 atom stereocenters. The highest BCUT2D eigenvalue weighted by molar-refractivity contribution is 5.24. The van der Waals surface area contributed by atoms with E-state index in [0.717, 1.165) is 25.9 Å². The third kappa shape index (κ3) is 0.973. The van der Waals surface area contributed by atoms with E-state index in [-0.39, 0.29) is 11.0 Å². The molecule has 0 aromatic rings. The Balaban J connectivity index is 2.05. The number of nitrogens with zero attached hydrogens (tertiary/aromatic N) is 1. The standard InChI is InChI=1S/C12H21NO2/c1-2-12(14,15)11-4-3-8-13(11)9-7-10(11)5-6-10/h14-15H,2-9H2,1H3. The van der Waals surface area contributed by atoms with E-state index < -0.39 is 5.79 Å². The summed E-state index contributed by atoms with van der Waals surface area (Å²) in [7, 11) is 0. The predicted octanol–water partition coefficient (Wildman–Crippen LogP) is 1.10. The molecule has 2 heterocycles. The number of hydrogen-bond acceptors (Lipinski definition) is 3. The summed E-state index contributed by atoms with van der Waals surface area (Å²) in [5.74, 6) is -1.48. The molecule has 86 valence electrons. The minimum absolute atomic E-state index is 0.253. The van der Waals surface area contributed by atoms with Gasteiger partial charge in [-0.3, -0.25) is 4.90 Å². The Labute approximate surface area is 91.1 Å². The summed E-state index contributed by atoms with van der Waals surface area (Å²) in [4.78, 5) is 2.36. The lowest BCUT2D eigenvalue weighted by atomic mass is 9.72. The summed E-state index contributed by atoms with van der Waals surface area (Å²) < 4.78 is 0. The SMILES string of the molecule is CCC(O)(O)C12CCCN1CCC21CC1. The molecule has 3 fully saturated rings. The molecule has 1 spiro atoms. The van der Waals surface area contributed by atoms with Crippen LogP contribution in [0.5, 0.6) is 0 Å². The molecule has 0 aromatic carbocycles. The van der Waals surface area contributed by atoms with Crippen LogP contribution in [0.25, 0.3) is 0 Å². The summed E-state index contributed by atoms with van der Waals surface area (Å²) >= 11 is 0. The van der Waals surface area contributed by atoms with Gasteiger partial charge in [0, 0.05) is 6.42 Å². The van der Waals surface area contributed by atoms with E-state index in [9.17, 15) is 10.2 Å². The summed E-state index contributed by atoms with van der Waals surface area (Å²) in [6.45, 7) is 4.02. The van der Waals surface area contributed by atoms with Crippen molar-refractivity contribution in [3.05, 3.63) is 0 Å². The lowest BCUT2D eigenvalue weighted by Gasteiger charge is -2.47.